The molecule has 2 aromatic carbocycles. The van der Waals surface area contributed by atoms with Crippen LogP contribution >= 0.6 is 0 Å². The number of halogens is 1. The number of amides is 1. The lowest BCUT2D eigenvalue weighted by Gasteiger charge is -2.32. The van der Waals surface area contributed by atoms with Gasteiger partial charge in [-0.25, -0.2) is 4.39 Å². The van der Waals surface area contributed by atoms with Crippen molar-refractivity contribution in [2.24, 2.45) is 5.92 Å². The van der Waals surface area contributed by atoms with Crippen molar-refractivity contribution < 1.29 is 18.7 Å². The number of hydrogen-bond acceptors (Lipinski definition) is 3. The van der Waals surface area contributed by atoms with Crippen LogP contribution in [0.15, 0.2) is 42.5 Å². The molecule has 1 aliphatic rings. The third-order valence-electron chi connectivity index (χ3n) is 5.21. The highest BCUT2D eigenvalue weighted by molar-refractivity contribution is 5.79. The number of rotatable bonds is 6. The van der Waals surface area contributed by atoms with E-state index in [1.165, 1.54) is 6.07 Å². The first-order valence-corrected chi connectivity index (χ1v) is 9.32. The van der Waals surface area contributed by atoms with Crippen LogP contribution in [0, 0.1) is 11.7 Å². The zero-order valence-electron chi connectivity index (χ0n) is 15.9. The van der Waals surface area contributed by atoms with Gasteiger partial charge in [0, 0.05) is 18.7 Å². The smallest absolute Gasteiger partial charge is 0.227 e. The van der Waals surface area contributed by atoms with E-state index in [2.05, 4.69) is 0 Å². The summed E-state index contributed by atoms with van der Waals surface area (Å²) in [5.74, 6) is 1.82. The highest BCUT2D eigenvalue weighted by Crippen LogP contribution is 2.26. The molecule has 0 spiro atoms. The predicted octanol–water partition coefficient (Wildman–Crippen LogP) is 3.87. The molecule has 0 atom stereocenters. The fourth-order valence-corrected chi connectivity index (χ4v) is 3.68. The Kier molecular flexibility index (Phi) is 6.32. The van der Waals surface area contributed by atoms with Gasteiger partial charge in [-0.05, 0) is 61.1 Å². The monoisotopic (exact) mass is 371 g/mol. The number of methoxy groups -OCH3 is 2. The summed E-state index contributed by atoms with van der Waals surface area (Å²) in [5.41, 5.74) is 1.87. The third-order valence-corrected chi connectivity index (χ3v) is 5.21. The maximum Gasteiger partial charge on any atom is 0.227 e. The van der Waals surface area contributed by atoms with Crippen LogP contribution in [0.4, 0.5) is 4.39 Å². The van der Waals surface area contributed by atoms with E-state index in [0.29, 0.717) is 23.8 Å². The Bertz CT molecular complexity index is 785. The van der Waals surface area contributed by atoms with Crippen LogP contribution in [0.25, 0.3) is 0 Å². The molecule has 0 bridgehead atoms. The van der Waals surface area contributed by atoms with E-state index >= 15 is 0 Å². The van der Waals surface area contributed by atoms with Gasteiger partial charge >= 0.3 is 0 Å². The first-order chi connectivity index (χ1) is 13.1. The zero-order chi connectivity index (χ0) is 19.2. The van der Waals surface area contributed by atoms with E-state index < -0.39 is 0 Å². The fourth-order valence-electron chi connectivity index (χ4n) is 3.68. The highest BCUT2D eigenvalue weighted by Gasteiger charge is 2.24. The Morgan fingerprint density at radius 2 is 1.89 bits per heavy atom. The minimum atomic E-state index is -0.188. The molecule has 5 heteroatoms. The van der Waals surface area contributed by atoms with E-state index in [4.69, 9.17) is 9.47 Å². The fraction of sp³-hybridized carbons (Fsp3) is 0.409. The average Bonchev–Trinajstić information content (AvgIpc) is 2.68. The van der Waals surface area contributed by atoms with Gasteiger partial charge in [0.25, 0.3) is 0 Å². The van der Waals surface area contributed by atoms with Crippen LogP contribution in [0.5, 0.6) is 11.5 Å². The molecule has 3 rings (SSSR count). The number of likely N-dealkylation sites (tertiary alicyclic amines) is 1. The summed E-state index contributed by atoms with van der Waals surface area (Å²) in [5, 5.41) is 0. The second-order valence-electron chi connectivity index (χ2n) is 7.01. The van der Waals surface area contributed by atoms with Crippen LogP contribution in [0.2, 0.25) is 0 Å². The van der Waals surface area contributed by atoms with Gasteiger partial charge in [0.05, 0.1) is 20.6 Å². The molecule has 0 radical (unpaired) electrons. The maximum atomic E-state index is 13.3. The van der Waals surface area contributed by atoms with Crippen molar-refractivity contribution in [3.8, 4) is 11.5 Å². The van der Waals surface area contributed by atoms with Gasteiger partial charge in [0.15, 0.2) is 0 Å². The van der Waals surface area contributed by atoms with Crippen LogP contribution in [0.3, 0.4) is 0 Å². The van der Waals surface area contributed by atoms with Gasteiger partial charge in [-0.1, -0.05) is 12.1 Å². The summed E-state index contributed by atoms with van der Waals surface area (Å²) in [7, 11) is 3.21. The maximum absolute atomic E-state index is 13.3. The van der Waals surface area contributed by atoms with Crippen molar-refractivity contribution in [3.63, 3.8) is 0 Å². The zero-order valence-corrected chi connectivity index (χ0v) is 15.9. The Hall–Kier alpha value is -2.56. The first-order valence-electron chi connectivity index (χ1n) is 9.32. The molecule has 0 aliphatic carbocycles. The second kappa shape index (κ2) is 8.89. The first kappa shape index (κ1) is 19.2. The molecule has 1 heterocycles. The molecule has 2 aromatic rings. The molecule has 0 unspecified atom stereocenters. The standard InChI is InChI=1S/C22H26FNO3/c1-26-20-6-7-21(27-2)18(14-20)15-22(25)24-10-8-16(9-11-24)12-17-4-3-5-19(23)13-17/h3-7,13-14,16H,8-12,15H2,1-2H3. The summed E-state index contributed by atoms with van der Waals surface area (Å²) in [6, 6.07) is 12.3. The van der Waals surface area contributed by atoms with E-state index in [0.717, 1.165) is 43.5 Å². The van der Waals surface area contributed by atoms with Crippen molar-refractivity contribution in [2.75, 3.05) is 27.3 Å². The van der Waals surface area contributed by atoms with E-state index in [1.54, 1.807) is 26.4 Å². The van der Waals surface area contributed by atoms with Gasteiger partial charge in [-0.15, -0.1) is 0 Å². The molecule has 1 amide bonds. The molecule has 0 N–H and O–H groups in total. The SMILES string of the molecule is COc1ccc(OC)c(CC(=O)N2CCC(Cc3cccc(F)c3)CC2)c1. The van der Waals surface area contributed by atoms with E-state index in [1.807, 2.05) is 29.2 Å². The number of nitrogens with zero attached hydrogens (tertiary/aromatic N) is 1. The number of ether oxygens (including phenoxy) is 2. The van der Waals surface area contributed by atoms with Gasteiger partial charge in [0.2, 0.25) is 5.91 Å². The minimum absolute atomic E-state index is 0.103. The summed E-state index contributed by atoms with van der Waals surface area (Å²) in [4.78, 5) is 14.6. The lowest BCUT2D eigenvalue weighted by atomic mass is 9.90. The molecular formula is C22H26FNO3. The molecule has 0 saturated carbocycles. The molecule has 1 fully saturated rings. The molecule has 27 heavy (non-hydrogen) atoms. The third kappa shape index (κ3) is 5.00. The summed E-state index contributed by atoms with van der Waals surface area (Å²) in [6.45, 7) is 1.48. The molecular weight excluding hydrogens is 345 g/mol. The van der Waals surface area contributed by atoms with Crippen LogP contribution in [-0.4, -0.2) is 38.1 Å². The lowest BCUT2D eigenvalue weighted by Crippen LogP contribution is -2.39. The largest absolute Gasteiger partial charge is 0.497 e. The summed E-state index contributed by atoms with van der Waals surface area (Å²) >= 11 is 0. The van der Waals surface area contributed by atoms with Crippen molar-refractivity contribution in [1.82, 2.24) is 4.90 Å². The molecule has 1 saturated heterocycles. The molecule has 4 nitrogen and oxygen atoms in total. The van der Waals surface area contributed by atoms with Crippen LogP contribution < -0.4 is 9.47 Å². The van der Waals surface area contributed by atoms with Gasteiger partial charge in [0.1, 0.15) is 17.3 Å². The number of carbonyl (C=O) groups excluding carboxylic acids is 1. The quantitative estimate of drug-likeness (QED) is 0.774. The lowest BCUT2D eigenvalue weighted by molar-refractivity contribution is -0.131. The summed E-state index contributed by atoms with van der Waals surface area (Å²) in [6.07, 6.45) is 3.05. The number of carbonyl (C=O) groups is 1. The Morgan fingerprint density at radius 3 is 2.56 bits per heavy atom. The van der Waals surface area contributed by atoms with E-state index in [9.17, 15) is 9.18 Å². The van der Waals surface area contributed by atoms with Crippen molar-refractivity contribution in [1.29, 1.82) is 0 Å². The van der Waals surface area contributed by atoms with Gasteiger partial charge < -0.3 is 14.4 Å². The highest BCUT2D eigenvalue weighted by atomic mass is 19.1. The second-order valence-corrected chi connectivity index (χ2v) is 7.01. The van der Waals surface area contributed by atoms with Crippen LogP contribution in [0.1, 0.15) is 24.0 Å². The van der Waals surface area contributed by atoms with Crippen LogP contribution in [-0.2, 0) is 17.6 Å². The Balaban J connectivity index is 1.56. The number of hydrogen-bond donors (Lipinski definition) is 0. The predicted molar refractivity (Wildman–Crippen MR) is 103 cm³/mol. The Labute approximate surface area is 159 Å². The average molecular weight is 371 g/mol. The Morgan fingerprint density at radius 1 is 1.11 bits per heavy atom. The minimum Gasteiger partial charge on any atom is -0.497 e. The number of benzene rings is 2. The van der Waals surface area contributed by atoms with E-state index in [-0.39, 0.29) is 11.7 Å². The molecule has 144 valence electrons. The normalized spacial score (nSPS) is 14.9. The number of piperidine rings is 1. The van der Waals surface area contributed by atoms with Gasteiger partial charge in [-0.2, -0.15) is 0 Å². The topological polar surface area (TPSA) is 38.8 Å². The summed E-state index contributed by atoms with van der Waals surface area (Å²) < 4.78 is 24.0. The molecule has 1 aliphatic heterocycles. The van der Waals surface area contributed by atoms with Crippen molar-refractivity contribution >= 4 is 5.91 Å². The van der Waals surface area contributed by atoms with Crippen molar-refractivity contribution in [2.45, 2.75) is 25.7 Å². The van der Waals surface area contributed by atoms with Crippen molar-refractivity contribution in [3.05, 3.63) is 59.4 Å². The molecule has 0 aromatic heterocycles. The van der Waals surface area contributed by atoms with Gasteiger partial charge in [-0.3, -0.25) is 4.79 Å².